The lowest BCUT2D eigenvalue weighted by atomic mass is 9.78. The van der Waals surface area contributed by atoms with Crippen LogP contribution in [0.4, 0.5) is 0 Å². The third kappa shape index (κ3) is 3.75. The molecule has 0 bridgehead atoms. The van der Waals surface area contributed by atoms with Crippen LogP contribution in [0, 0.1) is 0 Å². The lowest BCUT2D eigenvalue weighted by Crippen LogP contribution is -2.41. The second-order valence-electron chi connectivity index (χ2n) is 7.58. The van der Waals surface area contributed by atoms with Gasteiger partial charge in [0.25, 0.3) is 0 Å². The van der Waals surface area contributed by atoms with Gasteiger partial charge in [0.1, 0.15) is 5.75 Å². The first-order valence-corrected chi connectivity index (χ1v) is 9.01. The van der Waals surface area contributed by atoms with Crippen molar-refractivity contribution in [1.82, 2.24) is 0 Å². The molecule has 0 aliphatic carbocycles. The van der Waals surface area contributed by atoms with E-state index >= 15 is 0 Å². The quantitative estimate of drug-likeness (QED) is 0.754. The molecule has 132 valence electrons. The molecule has 1 fully saturated rings. The fourth-order valence-electron chi connectivity index (χ4n) is 2.78. The molecule has 0 radical (unpaired) electrons. The van der Waals surface area contributed by atoms with E-state index in [-0.39, 0.29) is 18.3 Å². The lowest BCUT2D eigenvalue weighted by molar-refractivity contribution is 0.00578. The SMILES string of the molecule is CCCOc1ccc(-c2ccc(B3OC(C)(C)C(C)(C)O3)cc2)cc1. The summed E-state index contributed by atoms with van der Waals surface area (Å²) < 4.78 is 17.9. The molecular weight excluding hydrogens is 311 g/mol. The van der Waals surface area contributed by atoms with Crippen molar-refractivity contribution in [2.75, 3.05) is 6.61 Å². The Labute approximate surface area is 151 Å². The first kappa shape index (κ1) is 18.0. The van der Waals surface area contributed by atoms with Gasteiger partial charge in [-0.1, -0.05) is 43.3 Å². The molecule has 1 aliphatic heterocycles. The minimum absolute atomic E-state index is 0.315. The molecule has 0 spiro atoms. The van der Waals surface area contributed by atoms with Crippen LogP contribution in [0.3, 0.4) is 0 Å². The summed E-state index contributed by atoms with van der Waals surface area (Å²) in [7, 11) is -0.316. The zero-order valence-corrected chi connectivity index (χ0v) is 15.8. The van der Waals surface area contributed by atoms with Crippen LogP contribution in [-0.2, 0) is 9.31 Å². The van der Waals surface area contributed by atoms with Crippen molar-refractivity contribution in [3.05, 3.63) is 48.5 Å². The average Bonchev–Trinajstić information content (AvgIpc) is 2.81. The van der Waals surface area contributed by atoms with E-state index in [4.69, 9.17) is 14.0 Å². The third-order valence-electron chi connectivity index (χ3n) is 5.10. The molecule has 4 heteroatoms. The highest BCUT2D eigenvalue weighted by atomic mass is 16.7. The van der Waals surface area contributed by atoms with Crippen LogP contribution in [-0.4, -0.2) is 24.9 Å². The van der Waals surface area contributed by atoms with E-state index in [0.29, 0.717) is 0 Å². The van der Waals surface area contributed by atoms with E-state index in [1.165, 1.54) is 11.1 Å². The fourth-order valence-corrected chi connectivity index (χ4v) is 2.78. The van der Waals surface area contributed by atoms with E-state index in [1.54, 1.807) is 0 Å². The van der Waals surface area contributed by atoms with Gasteiger partial charge >= 0.3 is 7.12 Å². The van der Waals surface area contributed by atoms with E-state index in [1.807, 2.05) is 12.1 Å². The van der Waals surface area contributed by atoms with Crippen LogP contribution in [0.15, 0.2) is 48.5 Å². The molecule has 2 aromatic rings. The third-order valence-corrected chi connectivity index (χ3v) is 5.10. The van der Waals surface area contributed by atoms with Gasteiger partial charge in [-0.2, -0.15) is 0 Å². The molecule has 0 aromatic heterocycles. The van der Waals surface area contributed by atoms with Crippen molar-refractivity contribution in [2.24, 2.45) is 0 Å². The highest BCUT2D eigenvalue weighted by Gasteiger charge is 2.51. The first-order chi connectivity index (χ1) is 11.8. The summed E-state index contributed by atoms with van der Waals surface area (Å²) in [5.41, 5.74) is 2.76. The van der Waals surface area contributed by atoms with Gasteiger partial charge in [-0.05, 0) is 62.8 Å². The molecule has 0 N–H and O–H groups in total. The van der Waals surface area contributed by atoms with Gasteiger partial charge in [0.05, 0.1) is 17.8 Å². The Morgan fingerprint density at radius 1 is 0.800 bits per heavy atom. The number of hydrogen-bond donors (Lipinski definition) is 0. The van der Waals surface area contributed by atoms with Crippen molar-refractivity contribution in [2.45, 2.75) is 52.2 Å². The van der Waals surface area contributed by atoms with Crippen molar-refractivity contribution in [3.8, 4) is 16.9 Å². The van der Waals surface area contributed by atoms with Crippen LogP contribution >= 0.6 is 0 Å². The Balaban J connectivity index is 1.73. The number of benzene rings is 2. The lowest BCUT2D eigenvalue weighted by Gasteiger charge is -2.32. The standard InChI is InChI=1S/C21H27BO3/c1-6-15-23-19-13-9-17(10-14-19)16-7-11-18(12-8-16)22-24-20(2,3)21(4,5)25-22/h7-14H,6,15H2,1-5H3. The van der Waals surface area contributed by atoms with Crippen LogP contribution in [0.2, 0.25) is 0 Å². The minimum atomic E-state index is -0.316. The molecule has 3 nitrogen and oxygen atoms in total. The Hall–Kier alpha value is -1.78. The predicted octanol–water partition coefficient (Wildman–Crippen LogP) is 4.44. The smallest absolute Gasteiger partial charge is 0.494 e. The normalized spacial score (nSPS) is 18.4. The number of hydrogen-bond acceptors (Lipinski definition) is 3. The Kier molecular flexibility index (Phi) is 4.94. The summed E-state index contributed by atoms with van der Waals surface area (Å²) >= 11 is 0. The molecule has 0 amide bonds. The van der Waals surface area contributed by atoms with Gasteiger partial charge in [0.2, 0.25) is 0 Å². The van der Waals surface area contributed by atoms with Crippen molar-refractivity contribution >= 4 is 12.6 Å². The zero-order valence-electron chi connectivity index (χ0n) is 15.8. The maximum absolute atomic E-state index is 6.11. The second kappa shape index (κ2) is 6.85. The highest BCUT2D eigenvalue weighted by molar-refractivity contribution is 6.62. The molecule has 1 aliphatic rings. The Morgan fingerprint density at radius 3 is 1.76 bits per heavy atom. The first-order valence-electron chi connectivity index (χ1n) is 9.01. The monoisotopic (exact) mass is 338 g/mol. The summed E-state index contributed by atoms with van der Waals surface area (Å²) in [6.07, 6.45) is 1.02. The summed E-state index contributed by atoms with van der Waals surface area (Å²) in [5.74, 6) is 0.916. The van der Waals surface area contributed by atoms with Crippen molar-refractivity contribution in [3.63, 3.8) is 0 Å². The summed E-state index contributed by atoms with van der Waals surface area (Å²) in [5, 5.41) is 0. The Morgan fingerprint density at radius 2 is 1.28 bits per heavy atom. The number of rotatable bonds is 5. The molecule has 25 heavy (non-hydrogen) atoms. The molecule has 2 aromatic carbocycles. The summed E-state index contributed by atoms with van der Waals surface area (Å²) in [6, 6.07) is 16.6. The maximum Gasteiger partial charge on any atom is 0.494 e. The van der Waals surface area contributed by atoms with Crippen LogP contribution < -0.4 is 10.2 Å². The molecule has 0 unspecified atom stereocenters. The molecule has 1 heterocycles. The highest BCUT2D eigenvalue weighted by Crippen LogP contribution is 2.36. The summed E-state index contributed by atoms with van der Waals surface area (Å²) in [6.45, 7) is 11.2. The van der Waals surface area contributed by atoms with Gasteiger partial charge in [-0.15, -0.1) is 0 Å². The van der Waals surface area contributed by atoms with Gasteiger partial charge in [0, 0.05) is 0 Å². The van der Waals surface area contributed by atoms with Gasteiger partial charge in [-0.25, -0.2) is 0 Å². The topological polar surface area (TPSA) is 27.7 Å². The predicted molar refractivity (Wildman–Crippen MR) is 103 cm³/mol. The van der Waals surface area contributed by atoms with Crippen molar-refractivity contribution < 1.29 is 14.0 Å². The van der Waals surface area contributed by atoms with Crippen LogP contribution in [0.25, 0.3) is 11.1 Å². The maximum atomic E-state index is 6.11. The van der Waals surface area contributed by atoms with Gasteiger partial charge in [0.15, 0.2) is 0 Å². The van der Waals surface area contributed by atoms with E-state index in [2.05, 4.69) is 71.0 Å². The fraction of sp³-hybridized carbons (Fsp3) is 0.429. The zero-order chi connectivity index (χ0) is 18.1. The van der Waals surface area contributed by atoms with Crippen LogP contribution in [0.1, 0.15) is 41.0 Å². The average molecular weight is 338 g/mol. The molecule has 0 saturated carbocycles. The van der Waals surface area contributed by atoms with E-state index in [9.17, 15) is 0 Å². The van der Waals surface area contributed by atoms with Gasteiger partial charge < -0.3 is 14.0 Å². The molecule has 3 rings (SSSR count). The second-order valence-corrected chi connectivity index (χ2v) is 7.58. The number of ether oxygens (including phenoxy) is 1. The van der Waals surface area contributed by atoms with Gasteiger partial charge in [-0.3, -0.25) is 0 Å². The summed E-state index contributed by atoms with van der Waals surface area (Å²) in [4.78, 5) is 0. The van der Waals surface area contributed by atoms with Crippen LogP contribution in [0.5, 0.6) is 5.75 Å². The Bertz CT molecular complexity index is 689. The van der Waals surface area contributed by atoms with E-state index < -0.39 is 0 Å². The minimum Gasteiger partial charge on any atom is -0.494 e. The molecule has 0 atom stereocenters. The molecular formula is C21H27BO3. The molecule has 1 saturated heterocycles. The largest absolute Gasteiger partial charge is 0.494 e. The van der Waals surface area contributed by atoms with Crippen molar-refractivity contribution in [1.29, 1.82) is 0 Å². The van der Waals surface area contributed by atoms with E-state index in [0.717, 1.165) is 24.2 Å².